The third-order valence-corrected chi connectivity index (χ3v) is 2.98. The van der Waals surface area contributed by atoms with Gasteiger partial charge in [-0.15, -0.1) is 0 Å². The van der Waals surface area contributed by atoms with E-state index >= 15 is 0 Å². The number of ether oxygens (including phenoxy) is 1. The number of hydrogen-bond acceptors (Lipinski definition) is 1. The Kier molecular flexibility index (Phi) is 6.95. The molecule has 0 saturated heterocycles. The minimum atomic E-state index is 0.268. The predicted octanol–water partition coefficient (Wildman–Crippen LogP) is 6.03. The second-order valence-electron chi connectivity index (χ2n) is 3.63. The molecule has 0 aromatic heterocycles. The first-order chi connectivity index (χ1) is 8.49. The van der Waals surface area contributed by atoms with Gasteiger partial charge in [0.2, 0.25) is 0 Å². The van der Waals surface area contributed by atoms with Crippen LogP contribution in [0.5, 0.6) is 5.75 Å². The molecule has 0 N–H and O–H groups in total. The van der Waals surface area contributed by atoms with Crippen molar-refractivity contribution in [1.82, 2.24) is 0 Å². The van der Waals surface area contributed by atoms with Crippen molar-refractivity contribution < 1.29 is 4.74 Å². The van der Waals surface area contributed by atoms with Gasteiger partial charge in [-0.2, -0.15) is 0 Å². The van der Waals surface area contributed by atoms with Gasteiger partial charge in [0.05, 0.1) is 5.02 Å². The summed E-state index contributed by atoms with van der Waals surface area (Å²) < 4.78 is 5.78. The summed E-state index contributed by atoms with van der Waals surface area (Å²) in [5.41, 5.74) is 1.11. The van der Waals surface area contributed by atoms with Crippen molar-refractivity contribution >= 4 is 46.4 Å². The molecule has 1 nitrogen and oxygen atoms in total. The highest BCUT2D eigenvalue weighted by atomic mass is 35.5. The molecule has 0 atom stereocenters. The Labute approximate surface area is 127 Å². The van der Waals surface area contributed by atoms with Crippen LogP contribution in [0.4, 0.5) is 0 Å². The van der Waals surface area contributed by atoms with Crippen molar-refractivity contribution in [3.05, 3.63) is 50.5 Å². The van der Waals surface area contributed by atoms with Gasteiger partial charge >= 0.3 is 0 Å². The van der Waals surface area contributed by atoms with Crippen LogP contribution >= 0.6 is 46.4 Å². The van der Waals surface area contributed by atoms with E-state index in [2.05, 4.69) is 0 Å². The summed E-state index contributed by atoms with van der Waals surface area (Å²) in [6, 6.07) is 5.11. The second-order valence-corrected chi connectivity index (χ2v) is 5.49. The Morgan fingerprint density at radius 2 is 1.94 bits per heavy atom. The molecule has 1 rings (SSSR count). The molecule has 98 valence electrons. The Balaban J connectivity index is 2.50. The standard InChI is InChI=1S/C13H12Cl4O/c1-9(2-5-13(16)17)6-7-18-12-4-3-10(14)8-11(12)15/h3-6,8H,2,7H2,1H3. The largest absolute Gasteiger partial charge is 0.488 e. The Hall–Kier alpha value is -0.340. The lowest BCUT2D eigenvalue weighted by molar-refractivity contribution is 0.362. The molecule has 0 aliphatic rings. The minimum Gasteiger partial charge on any atom is -0.488 e. The molecule has 0 radical (unpaired) electrons. The Morgan fingerprint density at radius 3 is 2.56 bits per heavy atom. The average Bonchev–Trinajstić information content (AvgIpc) is 2.29. The van der Waals surface area contributed by atoms with E-state index in [1.54, 1.807) is 24.3 Å². The molecule has 0 saturated carbocycles. The molecule has 1 aromatic carbocycles. The van der Waals surface area contributed by atoms with E-state index in [1.807, 2.05) is 13.0 Å². The van der Waals surface area contributed by atoms with Crippen molar-refractivity contribution in [2.75, 3.05) is 6.61 Å². The quantitative estimate of drug-likeness (QED) is 0.601. The highest BCUT2D eigenvalue weighted by Crippen LogP contribution is 2.27. The van der Waals surface area contributed by atoms with E-state index in [9.17, 15) is 0 Å². The van der Waals surface area contributed by atoms with E-state index in [0.717, 1.165) is 5.57 Å². The van der Waals surface area contributed by atoms with E-state index in [-0.39, 0.29) is 4.49 Å². The van der Waals surface area contributed by atoms with E-state index < -0.39 is 0 Å². The van der Waals surface area contributed by atoms with Crippen molar-refractivity contribution in [1.29, 1.82) is 0 Å². The monoisotopic (exact) mass is 324 g/mol. The molecule has 0 amide bonds. The van der Waals surface area contributed by atoms with Crippen LogP contribution in [-0.4, -0.2) is 6.61 Å². The molecule has 0 aliphatic heterocycles. The maximum absolute atomic E-state index is 5.97. The van der Waals surface area contributed by atoms with Gasteiger partial charge in [0.1, 0.15) is 16.8 Å². The summed E-state index contributed by atoms with van der Waals surface area (Å²) in [4.78, 5) is 0. The van der Waals surface area contributed by atoms with Crippen LogP contribution in [0.1, 0.15) is 13.3 Å². The summed E-state index contributed by atoms with van der Waals surface area (Å²) in [6.07, 6.45) is 4.36. The number of benzene rings is 1. The summed E-state index contributed by atoms with van der Waals surface area (Å²) >= 11 is 22.8. The van der Waals surface area contributed by atoms with Gasteiger partial charge in [-0.3, -0.25) is 0 Å². The van der Waals surface area contributed by atoms with E-state index in [0.29, 0.717) is 28.8 Å². The number of hydrogen-bond donors (Lipinski definition) is 0. The van der Waals surface area contributed by atoms with Gasteiger partial charge in [0.15, 0.2) is 0 Å². The topological polar surface area (TPSA) is 9.23 Å². The fourth-order valence-electron chi connectivity index (χ4n) is 1.19. The maximum Gasteiger partial charge on any atom is 0.138 e. The number of rotatable bonds is 5. The zero-order valence-electron chi connectivity index (χ0n) is 9.72. The minimum absolute atomic E-state index is 0.268. The lowest BCUT2D eigenvalue weighted by Gasteiger charge is -2.06. The molecule has 5 heteroatoms. The third-order valence-electron chi connectivity index (χ3n) is 2.14. The first-order valence-corrected chi connectivity index (χ1v) is 6.75. The van der Waals surface area contributed by atoms with Crippen molar-refractivity contribution in [3.63, 3.8) is 0 Å². The van der Waals surface area contributed by atoms with Crippen LogP contribution in [0.2, 0.25) is 10.0 Å². The van der Waals surface area contributed by atoms with Crippen molar-refractivity contribution in [2.24, 2.45) is 0 Å². The summed E-state index contributed by atoms with van der Waals surface area (Å²) in [6.45, 7) is 2.40. The third kappa shape index (κ3) is 6.01. The van der Waals surface area contributed by atoms with Crippen molar-refractivity contribution in [3.8, 4) is 5.75 Å². The highest BCUT2D eigenvalue weighted by molar-refractivity contribution is 6.55. The molecular weight excluding hydrogens is 314 g/mol. The smallest absolute Gasteiger partial charge is 0.138 e. The van der Waals surface area contributed by atoms with Gasteiger partial charge in [0.25, 0.3) is 0 Å². The summed E-state index contributed by atoms with van der Waals surface area (Å²) in [7, 11) is 0. The zero-order chi connectivity index (χ0) is 13.5. The summed E-state index contributed by atoms with van der Waals surface area (Å²) in [5, 5.41) is 1.08. The molecule has 18 heavy (non-hydrogen) atoms. The zero-order valence-corrected chi connectivity index (χ0v) is 12.7. The number of halogens is 4. The Bertz CT molecular complexity index is 462. The molecular formula is C13H12Cl4O. The fourth-order valence-corrected chi connectivity index (χ4v) is 1.80. The van der Waals surface area contributed by atoms with Crippen LogP contribution in [0.3, 0.4) is 0 Å². The van der Waals surface area contributed by atoms with E-state index in [1.165, 1.54) is 0 Å². The van der Waals surface area contributed by atoms with Crippen LogP contribution in [0, 0.1) is 0 Å². The lowest BCUT2D eigenvalue weighted by Crippen LogP contribution is -1.95. The molecule has 0 bridgehead atoms. The van der Waals surface area contributed by atoms with Gasteiger partial charge < -0.3 is 4.74 Å². The predicted molar refractivity (Wildman–Crippen MR) is 80.1 cm³/mol. The van der Waals surface area contributed by atoms with Gasteiger partial charge in [-0.05, 0) is 37.6 Å². The van der Waals surface area contributed by atoms with Crippen LogP contribution < -0.4 is 4.74 Å². The van der Waals surface area contributed by atoms with E-state index in [4.69, 9.17) is 51.1 Å². The van der Waals surface area contributed by atoms with Crippen LogP contribution in [0.25, 0.3) is 0 Å². The molecule has 0 unspecified atom stereocenters. The van der Waals surface area contributed by atoms with Gasteiger partial charge in [-0.1, -0.05) is 58.1 Å². The molecule has 0 fully saturated rings. The Morgan fingerprint density at radius 1 is 1.22 bits per heavy atom. The molecule has 1 aromatic rings. The SMILES string of the molecule is CC(=CCOc1ccc(Cl)cc1Cl)CC=C(Cl)Cl. The van der Waals surface area contributed by atoms with Crippen LogP contribution in [0.15, 0.2) is 40.4 Å². The first-order valence-electron chi connectivity index (χ1n) is 5.23. The fraction of sp³-hybridized carbons (Fsp3) is 0.231. The van der Waals surface area contributed by atoms with Gasteiger partial charge in [-0.25, -0.2) is 0 Å². The first kappa shape index (κ1) is 15.7. The maximum atomic E-state index is 5.97. The molecule has 0 spiro atoms. The average molecular weight is 326 g/mol. The lowest BCUT2D eigenvalue weighted by atomic mass is 10.2. The summed E-state index contributed by atoms with van der Waals surface area (Å²) in [5.74, 6) is 0.607. The normalized spacial score (nSPS) is 11.3. The molecule has 0 aliphatic carbocycles. The van der Waals surface area contributed by atoms with Crippen molar-refractivity contribution in [2.45, 2.75) is 13.3 Å². The van der Waals surface area contributed by atoms with Gasteiger partial charge in [0, 0.05) is 5.02 Å². The highest BCUT2D eigenvalue weighted by Gasteiger charge is 2.01. The number of allylic oxidation sites excluding steroid dienone is 2. The van der Waals surface area contributed by atoms with Crippen LogP contribution in [-0.2, 0) is 0 Å². The second kappa shape index (κ2) is 7.96. The molecule has 0 heterocycles.